The number of hydrogen-bond donors (Lipinski definition) is 1. The van der Waals surface area contributed by atoms with Gasteiger partial charge in [0.05, 0.1) is 12.0 Å². The number of likely N-dealkylation sites (N-methyl/N-ethyl adjacent to an activating group) is 1. The van der Waals surface area contributed by atoms with E-state index in [9.17, 15) is 9.59 Å². The molecule has 0 spiro atoms. The minimum atomic E-state index is -0.498. The molecule has 0 heterocycles. The van der Waals surface area contributed by atoms with E-state index in [0.717, 1.165) is 25.7 Å². The Kier molecular flexibility index (Phi) is 5.35. The Morgan fingerprint density at radius 3 is 2.42 bits per heavy atom. The molecule has 1 aliphatic carbocycles. The van der Waals surface area contributed by atoms with E-state index < -0.39 is 5.41 Å². The maximum Gasteiger partial charge on any atom is 0.241 e. The minimum Gasteiger partial charge on any atom is -0.347 e. The summed E-state index contributed by atoms with van der Waals surface area (Å²) in [6.45, 7) is 4.72. The van der Waals surface area contributed by atoms with Crippen LogP contribution in [-0.2, 0) is 9.59 Å². The summed E-state index contributed by atoms with van der Waals surface area (Å²) in [5, 5.41) is 0. The fourth-order valence-corrected chi connectivity index (χ4v) is 2.65. The van der Waals surface area contributed by atoms with Crippen molar-refractivity contribution >= 4 is 11.8 Å². The molecule has 0 radical (unpaired) electrons. The van der Waals surface area contributed by atoms with Crippen molar-refractivity contribution in [3.05, 3.63) is 0 Å². The molecule has 0 bridgehead atoms. The zero-order chi connectivity index (χ0) is 14.6. The van der Waals surface area contributed by atoms with Crippen molar-refractivity contribution in [2.45, 2.75) is 45.6 Å². The van der Waals surface area contributed by atoms with Crippen LogP contribution >= 0.6 is 0 Å². The van der Waals surface area contributed by atoms with Gasteiger partial charge < -0.3 is 15.5 Å². The third-order valence-corrected chi connectivity index (χ3v) is 4.12. The van der Waals surface area contributed by atoms with Crippen LogP contribution in [0.25, 0.3) is 0 Å². The van der Waals surface area contributed by atoms with E-state index in [4.69, 9.17) is 5.73 Å². The quantitative estimate of drug-likeness (QED) is 0.804. The van der Waals surface area contributed by atoms with Gasteiger partial charge in [0.1, 0.15) is 0 Å². The molecule has 2 unspecified atom stereocenters. The molecule has 5 heteroatoms. The first-order valence-electron chi connectivity index (χ1n) is 7.08. The zero-order valence-corrected chi connectivity index (χ0v) is 12.6. The first-order chi connectivity index (χ1) is 8.82. The SMILES string of the molecule is CCCN(CC(=O)N(C)C)C(=O)C1(C)CCCC1N. The van der Waals surface area contributed by atoms with Crippen molar-refractivity contribution < 1.29 is 9.59 Å². The van der Waals surface area contributed by atoms with Gasteiger partial charge in [-0.05, 0) is 26.2 Å². The summed E-state index contributed by atoms with van der Waals surface area (Å²) in [7, 11) is 3.42. The highest BCUT2D eigenvalue weighted by molar-refractivity contribution is 5.88. The Bertz CT molecular complexity index is 344. The number of carbonyl (C=O) groups is 2. The van der Waals surface area contributed by atoms with E-state index in [-0.39, 0.29) is 24.4 Å². The van der Waals surface area contributed by atoms with Crippen molar-refractivity contribution in [2.75, 3.05) is 27.2 Å². The van der Waals surface area contributed by atoms with Crippen LogP contribution in [0.2, 0.25) is 0 Å². The number of nitrogens with zero attached hydrogens (tertiary/aromatic N) is 2. The number of amides is 2. The smallest absolute Gasteiger partial charge is 0.241 e. The number of carbonyl (C=O) groups excluding carboxylic acids is 2. The summed E-state index contributed by atoms with van der Waals surface area (Å²) in [6.07, 6.45) is 3.55. The Morgan fingerprint density at radius 2 is 2.00 bits per heavy atom. The van der Waals surface area contributed by atoms with Crippen LogP contribution in [0.4, 0.5) is 0 Å². The van der Waals surface area contributed by atoms with Crippen LogP contribution in [0.1, 0.15) is 39.5 Å². The highest BCUT2D eigenvalue weighted by atomic mass is 16.2. The van der Waals surface area contributed by atoms with Crippen molar-refractivity contribution in [3.63, 3.8) is 0 Å². The monoisotopic (exact) mass is 269 g/mol. The van der Waals surface area contributed by atoms with E-state index in [1.54, 1.807) is 19.0 Å². The molecule has 1 saturated carbocycles. The predicted octanol–water partition coefficient (Wildman–Crippen LogP) is 0.831. The van der Waals surface area contributed by atoms with Gasteiger partial charge in [0.2, 0.25) is 11.8 Å². The largest absolute Gasteiger partial charge is 0.347 e. The highest BCUT2D eigenvalue weighted by Crippen LogP contribution is 2.38. The van der Waals surface area contributed by atoms with Crippen LogP contribution in [-0.4, -0.2) is 54.8 Å². The lowest BCUT2D eigenvalue weighted by Crippen LogP contribution is -2.51. The molecular formula is C14H27N3O2. The van der Waals surface area contributed by atoms with Gasteiger partial charge >= 0.3 is 0 Å². The summed E-state index contributed by atoms with van der Waals surface area (Å²) in [5.74, 6) is -0.00785. The Balaban J connectivity index is 2.81. The summed E-state index contributed by atoms with van der Waals surface area (Å²) < 4.78 is 0. The fraction of sp³-hybridized carbons (Fsp3) is 0.857. The van der Waals surface area contributed by atoms with Crippen LogP contribution in [0, 0.1) is 5.41 Å². The molecule has 5 nitrogen and oxygen atoms in total. The molecule has 1 rings (SSSR count). The van der Waals surface area contributed by atoms with Gasteiger partial charge in [0.25, 0.3) is 0 Å². The van der Waals surface area contributed by atoms with Crippen LogP contribution < -0.4 is 5.73 Å². The summed E-state index contributed by atoms with van der Waals surface area (Å²) in [5.41, 5.74) is 5.60. The Labute approximate surface area is 116 Å². The van der Waals surface area contributed by atoms with Crippen molar-refractivity contribution in [1.29, 1.82) is 0 Å². The number of nitrogens with two attached hydrogens (primary N) is 1. The molecule has 1 fully saturated rings. The second-order valence-electron chi connectivity index (χ2n) is 5.93. The maximum absolute atomic E-state index is 12.7. The molecule has 110 valence electrons. The Morgan fingerprint density at radius 1 is 1.37 bits per heavy atom. The van der Waals surface area contributed by atoms with E-state index in [1.807, 2.05) is 13.8 Å². The lowest BCUT2D eigenvalue weighted by molar-refractivity contribution is -0.146. The van der Waals surface area contributed by atoms with E-state index >= 15 is 0 Å². The van der Waals surface area contributed by atoms with Crippen molar-refractivity contribution in [3.8, 4) is 0 Å². The molecule has 0 saturated heterocycles. The first kappa shape index (κ1) is 16.0. The third-order valence-electron chi connectivity index (χ3n) is 4.12. The minimum absolute atomic E-state index is 0.0366. The van der Waals surface area contributed by atoms with Gasteiger partial charge in [-0.15, -0.1) is 0 Å². The molecule has 1 aliphatic rings. The van der Waals surface area contributed by atoms with E-state index in [2.05, 4.69) is 0 Å². The molecule has 19 heavy (non-hydrogen) atoms. The normalized spacial score (nSPS) is 26.3. The zero-order valence-electron chi connectivity index (χ0n) is 12.6. The Hall–Kier alpha value is -1.10. The van der Waals surface area contributed by atoms with Gasteiger partial charge in [-0.1, -0.05) is 13.3 Å². The topological polar surface area (TPSA) is 66.6 Å². The van der Waals surface area contributed by atoms with Crippen LogP contribution in [0.5, 0.6) is 0 Å². The summed E-state index contributed by atoms with van der Waals surface area (Å²) in [4.78, 5) is 27.7. The lowest BCUT2D eigenvalue weighted by Gasteiger charge is -2.34. The number of rotatable bonds is 5. The standard InChI is InChI=1S/C14H27N3O2/c1-5-9-17(10-12(18)16(3)4)13(19)14(2)8-6-7-11(14)15/h11H,5-10,15H2,1-4H3. The fourth-order valence-electron chi connectivity index (χ4n) is 2.65. The second kappa shape index (κ2) is 6.37. The van der Waals surface area contributed by atoms with Gasteiger partial charge in [0, 0.05) is 26.7 Å². The number of hydrogen-bond acceptors (Lipinski definition) is 3. The van der Waals surface area contributed by atoms with Crippen LogP contribution in [0.15, 0.2) is 0 Å². The van der Waals surface area contributed by atoms with Gasteiger partial charge in [-0.25, -0.2) is 0 Å². The molecule has 2 N–H and O–H groups in total. The van der Waals surface area contributed by atoms with Gasteiger partial charge in [-0.2, -0.15) is 0 Å². The molecule has 0 aromatic carbocycles. The molecular weight excluding hydrogens is 242 g/mol. The highest BCUT2D eigenvalue weighted by Gasteiger charge is 2.45. The van der Waals surface area contributed by atoms with Crippen molar-refractivity contribution in [1.82, 2.24) is 9.80 Å². The average molecular weight is 269 g/mol. The first-order valence-corrected chi connectivity index (χ1v) is 7.08. The lowest BCUT2D eigenvalue weighted by atomic mass is 9.83. The van der Waals surface area contributed by atoms with Crippen molar-refractivity contribution in [2.24, 2.45) is 11.1 Å². The van der Waals surface area contributed by atoms with E-state index in [0.29, 0.717) is 6.54 Å². The molecule has 0 aromatic heterocycles. The summed E-state index contributed by atoms with van der Waals surface area (Å²) in [6, 6.07) is -0.0891. The average Bonchev–Trinajstić information content (AvgIpc) is 2.69. The van der Waals surface area contributed by atoms with Gasteiger partial charge in [-0.3, -0.25) is 9.59 Å². The summed E-state index contributed by atoms with van der Waals surface area (Å²) >= 11 is 0. The molecule has 0 aromatic rings. The maximum atomic E-state index is 12.7. The second-order valence-corrected chi connectivity index (χ2v) is 5.93. The molecule has 0 aliphatic heterocycles. The third kappa shape index (κ3) is 3.47. The van der Waals surface area contributed by atoms with Gasteiger partial charge in [0.15, 0.2) is 0 Å². The molecule has 2 amide bonds. The predicted molar refractivity (Wildman–Crippen MR) is 75.5 cm³/mol. The van der Waals surface area contributed by atoms with Crippen LogP contribution in [0.3, 0.4) is 0 Å². The molecule has 2 atom stereocenters. The van der Waals surface area contributed by atoms with E-state index in [1.165, 1.54) is 4.90 Å².